The summed E-state index contributed by atoms with van der Waals surface area (Å²) in [7, 11) is 0. The normalized spacial score (nSPS) is 13.1. The van der Waals surface area contributed by atoms with Crippen molar-refractivity contribution >= 4 is 23.3 Å². The molecule has 4 heteroatoms. The molecule has 0 aromatic carbocycles. The van der Waals surface area contributed by atoms with Crippen molar-refractivity contribution in [3.05, 3.63) is 92.7 Å². The van der Waals surface area contributed by atoms with Gasteiger partial charge in [-0.2, -0.15) is 0 Å². The Balaban J connectivity index is 1.62. The molecule has 0 aliphatic carbocycles. The van der Waals surface area contributed by atoms with Gasteiger partial charge in [-0.15, -0.1) is 0 Å². The first-order valence-corrected chi connectivity index (χ1v) is 12.9. The molecule has 0 saturated carbocycles. The zero-order chi connectivity index (χ0) is 23.3. The maximum absolute atomic E-state index is 3.77. The van der Waals surface area contributed by atoms with Gasteiger partial charge in [-0.3, -0.25) is 0 Å². The summed E-state index contributed by atoms with van der Waals surface area (Å²) in [5, 5.41) is 4.60. The molecule has 0 spiro atoms. The lowest BCUT2D eigenvalue weighted by molar-refractivity contribution is 0.613. The largest absolute Gasteiger partial charge is 0.355 e. The molecule has 0 amide bonds. The van der Waals surface area contributed by atoms with Gasteiger partial charge in [0.15, 0.2) is 0 Å². The van der Waals surface area contributed by atoms with Crippen molar-refractivity contribution in [2.45, 2.75) is 65.2 Å². The summed E-state index contributed by atoms with van der Waals surface area (Å²) in [6, 6.07) is 17.5. The van der Waals surface area contributed by atoms with Crippen molar-refractivity contribution in [1.82, 2.24) is 19.9 Å². The van der Waals surface area contributed by atoms with Gasteiger partial charge >= 0.3 is 0 Å². The molecule has 5 heterocycles. The molecular weight excluding hydrogens is 416 g/mol. The zero-order valence-corrected chi connectivity index (χ0v) is 20.4. The molecule has 4 aromatic heterocycles. The molecule has 4 nitrogen and oxygen atoms in total. The molecule has 8 bridgehead atoms. The van der Waals surface area contributed by atoms with Gasteiger partial charge < -0.3 is 19.9 Å². The molecule has 0 fully saturated rings. The van der Waals surface area contributed by atoms with Gasteiger partial charge in [0.2, 0.25) is 0 Å². The van der Waals surface area contributed by atoms with Crippen molar-refractivity contribution < 1.29 is 0 Å². The number of aromatic amines is 4. The Bertz CT molecular complexity index is 1480. The Morgan fingerprint density at radius 1 is 0.529 bits per heavy atom. The highest BCUT2D eigenvalue weighted by Crippen LogP contribution is 2.20. The highest BCUT2D eigenvalue weighted by molar-refractivity contribution is 5.66. The van der Waals surface area contributed by atoms with Crippen LogP contribution in [0.25, 0.3) is 23.3 Å². The molecule has 0 saturated heterocycles. The van der Waals surface area contributed by atoms with E-state index < -0.39 is 0 Å². The standard InChI is InChI=1S/C30H36N4/c1-3-5-6-7-8-9-10-26-29-16-14-24(33-29)20-22-12-11-21(31-22)19-23-13-15-27(32-23)25(4-2)28-17-18-30(26)34-28/h11-20,31-34H,3-10H2,1-2H3. The lowest BCUT2D eigenvalue weighted by atomic mass is 10.0. The molecule has 176 valence electrons. The third-order valence-corrected chi connectivity index (χ3v) is 6.89. The first-order valence-electron chi connectivity index (χ1n) is 12.9. The molecule has 4 N–H and O–H groups in total. The summed E-state index contributed by atoms with van der Waals surface area (Å²) in [6.45, 7) is 4.50. The number of hydrogen-bond acceptors (Lipinski definition) is 0. The number of aromatic nitrogens is 4. The molecular formula is C30H36N4. The first-order chi connectivity index (χ1) is 16.7. The van der Waals surface area contributed by atoms with E-state index in [2.05, 4.69) is 94.5 Å². The summed E-state index contributed by atoms with van der Waals surface area (Å²) in [5.74, 6) is 0. The molecule has 34 heavy (non-hydrogen) atoms. The molecule has 5 rings (SSSR count). The summed E-state index contributed by atoms with van der Waals surface area (Å²) in [4.78, 5) is 14.6. The number of unbranched alkanes of at least 4 members (excludes halogenated alkanes) is 5. The monoisotopic (exact) mass is 452 g/mol. The van der Waals surface area contributed by atoms with Crippen molar-refractivity contribution in [3.63, 3.8) is 0 Å². The number of nitrogens with one attached hydrogen (secondary N) is 4. The Morgan fingerprint density at radius 2 is 1.12 bits per heavy atom. The first kappa shape index (κ1) is 22.4. The lowest BCUT2D eigenvalue weighted by Crippen LogP contribution is -2.16. The van der Waals surface area contributed by atoms with Crippen LogP contribution in [0.3, 0.4) is 0 Å². The number of hydrogen-bond donors (Lipinski definition) is 4. The fourth-order valence-electron chi connectivity index (χ4n) is 5.05. The molecule has 4 aromatic rings. The van der Waals surface area contributed by atoms with E-state index in [0.717, 1.165) is 34.9 Å². The second kappa shape index (κ2) is 10.3. The van der Waals surface area contributed by atoms with E-state index in [4.69, 9.17) is 0 Å². The fourth-order valence-corrected chi connectivity index (χ4v) is 5.05. The van der Waals surface area contributed by atoms with Crippen molar-refractivity contribution in [2.24, 2.45) is 0 Å². The van der Waals surface area contributed by atoms with Crippen LogP contribution in [0.15, 0.2) is 48.5 Å². The maximum atomic E-state index is 3.77. The second-order valence-electron chi connectivity index (χ2n) is 9.43. The van der Waals surface area contributed by atoms with E-state index in [0.29, 0.717) is 0 Å². The third kappa shape index (κ3) is 4.91. The Labute approximate surface area is 201 Å². The van der Waals surface area contributed by atoms with Crippen molar-refractivity contribution in [2.75, 3.05) is 0 Å². The van der Waals surface area contributed by atoms with E-state index >= 15 is 0 Å². The third-order valence-electron chi connectivity index (χ3n) is 6.89. The van der Waals surface area contributed by atoms with Crippen LogP contribution in [0.2, 0.25) is 0 Å². The van der Waals surface area contributed by atoms with Gasteiger partial charge in [0, 0.05) is 44.2 Å². The number of fused-ring (bicyclic) bond motifs is 8. The second-order valence-corrected chi connectivity index (χ2v) is 9.43. The van der Waals surface area contributed by atoms with Gasteiger partial charge in [-0.25, -0.2) is 0 Å². The summed E-state index contributed by atoms with van der Waals surface area (Å²) < 4.78 is 0. The zero-order valence-electron chi connectivity index (χ0n) is 20.4. The van der Waals surface area contributed by atoms with E-state index in [9.17, 15) is 0 Å². The van der Waals surface area contributed by atoms with Crippen LogP contribution in [0.4, 0.5) is 0 Å². The molecule has 0 radical (unpaired) electrons. The summed E-state index contributed by atoms with van der Waals surface area (Å²) >= 11 is 0. The Hall–Kier alpha value is -3.40. The van der Waals surface area contributed by atoms with E-state index in [-0.39, 0.29) is 0 Å². The summed E-state index contributed by atoms with van der Waals surface area (Å²) in [6.07, 6.45) is 14.2. The smallest absolute Gasteiger partial charge is 0.0438 e. The van der Waals surface area contributed by atoms with Crippen LogP contribution in [-0.2, 0) is 0 Å². The van der Waals surface area contributed by atoms with Gasteiger partial charge in [0.1, 0.15) is 0 Å². The van der Waals surface area contributed by atoms with Gasteiger partial charge in [0.25, 0.3) is 0 Å². The topological polar surface area (TPSA) is 63.2 Å². The van der Waals surface area contributed by atoms with Crippen LogP contribution < -0.4 is 21.4 Å². The Kier molecular flexibility index (Phi) is 6.75. The fraction of sp³-hybridized carbons (Fsp3) is 0.333. The average molecular weight is 453 g/mol. The average Bonchev–Trinajstić information content (AvgIpc) is 3.63. The van der Waals surface area contributed by atoms with Crippen molar-refractivity contribution in [3.8, 4) is 0 Å². The molecule has 0 unspecified atom stereocenters. The minimum atomic E-state index is 0.959. The van der Waals surface area contributed by atoms with Gasteiger partial charge in [-0.05, 0) is 91.1 Å². The SMILES string of the molecule is CCCCCCCCC1=c2ccc([nH]2)=C(CC)c2ccc([nH]2)C=c2ccc([nH]2)=Cc2ccc1[nH]2. The predicted molar refractivity (Wildman–Crippen MR) is 142 cm³/mol. The minimum Gasteiger partial charge on any atom is -0.355 e. The molecule has 1 aliphatic heterocycles. The van der Waals surface area contributed by atoms with Crippen LogP contribution in [0, 0.1) is 0 Å². The van der Waals surface area contributed by atoms with Crippen LogP contribution >= 0.6 is 0 Å². The number of rotatable bonds is 8. The van der Waals surface area contributed by atoms with E-state index in [1.807, 2.05) is 0 Å². The van der Waals surface area contributed by atoms with Crippen LogP contribution in [-0.4, -0.2) is 19.9 Å². The van der Waals surface area contributed by atoms with Crippen molar-refractivity contribution in [1.29, 1.82) is 0 Å². The quantitative estimate of drug-likeness (QED) is 0.284. The highest BCUT2D eigenvalue weighted by atomic mass is 14.8. The van der Waals surface area contributed by atoms with Gasteiger partial charge in [0.05, 0.1) is 0 Å². The van der Waals surface area contributed by atoms with E-state index in [1.165, 1.54) is 71.8 Å². The lowest BCUT2D eigenvalue weighted by Gasteiger charge is -2.06. The summed E-state index contributed by atoms with van der Waals surface area (Å²) in [5.41, 5.74) is 7.28. The predicted octanol–water partition coefficient (Wildman–Crippen LogP) is 4.53. The minimum absolute atomic E-state index is 0.959. The highest BCUT2D eigenvalue weighted by Gasteiger charge is 2.09. The van der Waals surface area contributed by atoms with Crippen LogP contribution in [0.5, 0.6) is 0 Å². The molecule has 1 aliphatic rings. The number of H-pyrrole nitrogens is 4. The van der Waals surface area contributed by atoms with Crippen LogP contribution in [0.1, 0.15) is 88.0 Å². The van der Waals surface area contributed by atoms with Gasteiger partial charge in [-0.1, -0.05) is 46.0 Å². The maximum Gasteiger partial charge on any atom is 0.0438 e. The Morgan fingerprint density at radius 3 is 1.76 bits per heavy atom. The van der Waals surface area contributed by atoms with E-state index in [1.54, 1.807) is 0 Å². The molecule has 0 atom stereocenters.